The van der Waals surface area contributed by atoms with E-state index in [4.69, 9.17) is 12.2 Å². The fourth-order valence-electron chi connectivity index (χ4n) is 3.33. The van der Waals surface area contributed by atoms with E-state index in [2.05, 4.69) is 24.5 Å². The van der Waals surface area contributed by atoms with Crippen molar-refractivity contribution in [3.05, 3.63) is 65.2 Å². The van der Waals surface area contributed by atoms with Crippen molar-refractivity contribution in [2.75, 3.05) is 18.4 Å². The second kappa shape index (κ2) is 9.65. The lowest BCUT2D eigenvalue weighted by Crippen LogP contribution is -2.35. The van der Waals surface area contributed by atoms with E-state index in [0.717, 1.165) is 31.6 Å². The molecule has 0 saturated carbocycles. The summed E-state index contributed by atoms with van der Waals surface area (Å²) >= 11 is 5.25. The molecule has 0 aromatic heterocycles. The average molecular weight is 410 g/mol. The Morgan fingerprint density at radius 3 is 2.07 bits per heavy atom. The molecule has 2 aromatic rings. The van der Waals surface area contributed by atoms with Crippen LogP contribution in [0.5, 0.6) is 0 Å². The van der Waals surface area contributed by atoms with Gasteiger partial charge in [-0.1, -0.05) is 26.0 Å². The van der Waals surface area contributed by atoms with Gasteiger partial charge in [0, 0.05) is 29.9 Å². The summed E-state index contributed by atoms with van der Waals surface area (Å²) in [4.78, 5) is 26.8. The standard InChI is InChI=1S/C23H27N3O2S/c1-16(2)17-6-8-18(9-7-17)21(27)25-23(29)24-20-12-10-19(11-13-20)22(28)26-14-4-3-5-15-26/h6-13,16H,3-5,14-15H2,1-2H3,(H2,24,25,27,29). The maximum atomic E-state index is 12.5. The number of carbonyl (C=O) groups is 2. The van der Waals surface area contributed by atoms with Crippen molar-refractivity contribution in [1.82, 2.24) is 10.2 Å². The zero-order valence-corrected chi connectivity index (χ0v) is 17.7. The molecule has 2 N–H and O–H groups in total. The zero-order chi connectivity index (χ0) is 20.8. The Morgan fingerprint density at radius 1 is 0.897 bits per heavy atom. The van der Waals surface area contributed by atoms with E-state index in [-0.39, 0.29) is 16.9 Å². The van der Waals surface area contributed by atoms with Crippen molar-refractivity contribution in [2.24, 2.45) is 0 Å². The van der Waals surface area contributed by atoms with Crippen LogP contribution in [0.25, 0.3) is 0 Å². The highest BCUT2D eigenvalue weighted by molar-refractivity contribution is 7.80. The van der Waals surface area contributed by atoms with E-state index in [0.29, 0.717) is 17.0 Å². The van der Waals surface area contributed by atoms with Gasteiger partial charge in [0.1, 0.15) is 0 Å². The van der Waals surface area contributed by atoms with Gasteiger partial charge in [-0.25, -0.2) is 0 Å². The summed E-state index contributed by atoms with van der Waals surface area (Å²) in [6.45, 7) is 5.87. The van der Waals surface area contributed by atoms with Crippen LogP contribution < -0.4 is 10.6 Å². The van der Waals surface area contributed by atoms with Gasteiger partial charge in [-0.2, -0.15) is 0 Å². The molecule has 0 spiro atoms. The number of anilines is 1. The number of hydrogen-bond donors (Lipinski definition) is 2. The minimum absolute atomic E-state index is 0.0666. The molecule has 1 saturated heterocycles. The van der Waals surface area contributed by atoms with Crippen LogP contribution in [0.3, 0.4) is 0 Å². The van der Waals surface area contributed by atoms with Gasteiger partial charge in [-0.15, -0.1) is 0 Å². The van der Waals surface area contributed by atoms with Crippen LogP contribution in [-0.2, 0) is 0 Å². The number of amides is 2. The number of hydrogen-bond acceptors (Lipinski definition) is 3. The maximum Gasteiger partial charge on any atom is 0.257 e. The Balaban J connectivity index is 1.54. The predicted molar refractivity (Wildman–Crippen MR) is 120 cm³/mol. The van der Waals surface area contributed by atoms with E-state index in [1.54, 1.807) is 36.4 Å². The van der Waals surface area contributed by atoms with Crippen LogP contribution in [0, 0.1) is 0 Å². The third kappa shape index (κ3) is 5.64. The third-order valence-corrected chi connectivity index (χ3v) is 5.30. The van der Waals surface area contributed by atoms with Gasteiger partial charge in [-0.05, 0) is 79.4 Å². The molecule has 0 unspecified atom stereocenters. The quantitative estimate of drug-likeness (QED) is 0.727. The number of nitrogens with zero attached hydrogens (tertiary/aromatic N) is 1. The molecule has 1 heterocycles. The van der Waals surface area contributed by atoms with Crippen molar-refractivity contribution < 1.29 is 9.59 Å². The number of benzene rings is 2. The van der Waals surface area contributed by atoms with Gasteiger partial charge in [0.15, 0.2) is 5.11 Å². The van der Waals surface area contributed by atoms with Crippen LogP contribution in [0.2, 0.25) is 0 Å². The second-order valence-electron chi connectivity index (χ2n) is 7.62. The lowest BCUT2D eigenvalue weighted by molar-refractivity contribution is 0.0724. The summed E-state index contributed by atoms with van der Waals surface area (Å²) in [5, 5.41) is 5.90. The largest absolute Gasteiger partial charge is 0.339 e. The van der Waals surface area contributed by atoms with Crippen LogP contribution in [0.4, 0.5) is 5.69 Å². The van der Waals surface area contributed by atoms with Gasteiger partial charge in [0.05, 0.1) is 0 Å². The number of rotatable bonds is 4. The highest BCUT2D eigenvalue weighted by atomic mass is 32.1. The molecule has 0 bridgehead atoms. The summed E-state index contributed by atoms with van der Waals surface area (Å²) in [6.07, 6.45) is 3.33. The molecule has 1 aliphatic heterocycles. The molecule has 1 aliphatic rings. The average Bonchev–Trinajstić information content (AvgIpc) is 2.74. The van der Waals surface area contributed by atoms with Crippen molar-refractivity contribution in [3.63, 3.8) is 0 Å². The molecule has 5 nitrogen and oxygen atoms in total. The topological polar surface area (TPSA) is 61.4 Å². The second-order valence-corrected chi connectivity index (χ2v) is 8.02. The van der Waals surface area contributed by atoms with Gasteiger partial charge >= 0.3 is 0 Å². The summed E-state index contributed by atoms with van der Waals surface area (Å²) < 4.78 is 0. The molecule has 3 rings (SSSR count). The van der Waals surface area contributed by atoms with Crippen molar-refractivity contribution in [1.29, 1.82) is 0 Å². The molecule has 2 aromatic carbocycles. The Morgan fingerprint density at radius 2 is 1.48 bits per heavy atom. The van der Waals surface area contributed by atoms with Gasteiger partial charge in [-0.3, -0.25) is 14.9 Å². The Kier molecular flexibility index (Phi) is 6.99. The minimum Gasteiger partial charge on any atom is -0.339 e. The van der Waals surface area contributed by atoms with Crippen molar-refractivity contribution in [3.8, 4) is 0 Å². The Hall–Kier alpha value is -2.73. The number of likely N-dealkylation sites (tertiary alicyclic amines) is 1. The SMILES string of the molecule is CC(C)c1ccc(C(=O)NC(=S)Nc2ccc(C(=O)N3CCCCC3)cc2)cc1. The molecular formula is C23H27N3O2S. The van der Waals surface area contributed by atoms with E-state index >= 15 is 0 Å². The van der Waals surface area contributed by atoms with Crippen molar-refractivity contribution in [2.45, 2.75) is 39.0 Å². The van der Waals surface area contributed by atoms with Gasteiger partial charge in [0.25, 0.3) is 11.8 Å². The molecule has 152 valence electrons. The summed E-state index contributed by atoms with van der Waals surface area (Å²) in [5.74, 6) is 0.228. The Labute approximate surface area is 177 Å². The van der Waals surface area contributed by atoms with Gasteiger partial charge in [0.2, 0.25) is 0 Å². The lowest BCUT2D eigenvalue weighted by Gasteiger charge is -2.26. The molecule has 0 atom stereocenters. The summed E-state index contributed by atoms with van der Waals surface area (Å²) in [6, 6.07) is 14.7. The number of nitrogens with one attached hydrogen (secondary N) is 2. The molecule has 0 aliphatic carbocycles. The van der Waals surface area contributed by atoms with Crippen LogP contribution >= 0.6 is 12.2 Å². The fraction of sp³-hybridized carbons (Fsp3) is 0.348. The number of carbonyl (C=O) groups excluding carboxylic acids is 2. The van der Waals surface area contributed by atoms with Crippen molar-refractivity contribution >= 4 is 34.8 Å². The van der Waals surface area contributed by atoms with E-state index in [1.807, 2.05) is 17.0 Å². The van der Waals surface area contributed by atoms with Crippen LogP contribution in [-0.4, -0.2) is 34.9 Å². The van der Waals surface area contributed by atoms with E-state index in [9.17, 15) is 9.59 Å². The molecule has 29 heavy (non-hydrogen) atoms. The zero-order valence-electron chi connectivity index (χ0n) is 16.9. The molecule has 0 radical (unpaired) electrons. The first-order valence-electron chi connectivity index (χ1n) is 10.1. The first-order valence-corrected chi connectivity index (χ1v) is 10.5. The molecule has 6 heteroatoms. The molecule has 2 amide bonds. The number of piperidine rings is 1. The highest BCUT2D eigenvalue weighted by Gasteiger charge is 2.18. The van der Waals surface area contributed by atoms with Crippen LogP contribution in [0.1, 0.15) is 65.3 Å². The Bertz CT molecular complexity index is 870. The third-order valence-electron chi connectivity index (χ3n) is 5.10. The van der Waals surface area contributed by atoms with E-state index < -0.39 is 0 Å². The minimum atomic E-state index is -0.255. The highest BCUT2D eigenvalue weighted by Crippen LogP contribution is 2.16. The summed E-state index contributed by atoms with van der Waals surface area (Å²) in [7, 11) is 0. The van der Waals surface area contributed by atoms with Crippen LogP contribution in [0.15, 0.2) is 48.5 Å². The molecule has 1 fully saturated rings. The van der Waals surface area contributed by atoms with Gasteiger partial charge < -0.3 is 10.2 Å². The lowest BCUT2D eigenvalue weighted by atomic mass is 10.0. The molecular weight excluding hydrogens is 382 g/mol. The van der Waals surface area contributed by atoms with E-state index in [1.165, 1.54) is 12.0 Å². The number of thiocarbonyl (C=S) groups is 1. The fourth-order valence-corrected chi connectivity index (χ4v) is 3.54. The predicted octanol–water partition coefficient (Wildman–Crippen LogP) is 4.56. The first-order chi connectivity index (χ1) is 13.9. The summed E-state index contributed by atoms with van der Waals surface area (Å²) in [5.41, 5.74) is 3.13. The normalized spacial score (nSPS) is 13.8. The monoisotopic (exact) mass is 409 g/mol. The smallest absolute Gasteiger partial charge is 0.257 e. The maximum absolute atomic E-state index is 12.5. The first kappa shape index (κ1) is 21.0.